The van der Waals surface area contributed by atoms with Crippen LogP contribution in [0.5, 0.6) is 0 Å². The molecule has 3 aromatic rings. The van der Waals surface area contributed by atoms with Crippen LogP contribution in [0.1, 0.15) is 40.5 Å². The molecule has 134 valence electrons. The van der Waals surface area contributed by atoms with Crippen molar-refractivity contribution in [3.05, 3.63) is 28.7 Å². The number of rotatable bonds is 4. The number of carbonyl (C=O) groups excluding carboxylic acids is 1. The van der Waals surface area contributed by atoms with Gasteiger partial charge in [-0.2, -0.15) is 0 Å². The number of aromatic nitrogens is 3. The van der Waals surface area contributed by atoms with Gasteiger partial charge in [0.1, 0.15) is 11.1 Å². The summed E-state index contributed by atoms with van der Waals surface area (Å²) >= 11 is 1.34. The molecule has 1 N–H and O–H groups in total. The average molecular weight is 362 g/mol. The van der Waals surface area contributed by atoms with Gasteiger partial charge in [0, 0.05) is 6.54 Å². The molecule has 1 amide bonds. The van der Waals surface area contributed by atoms with E-state index in [1.54, 1.807) is 41.3 Å². The Morgan fingerprint density at radius 1 is 1.36 bits per heavy atom. The maximum absolute atomic E-state index is 12.7. The van der Waals surface area contributed by atoms with E-state index in [0.29, 0.717) is 28.2 Å². The molecule has 0 radical (unpaired) electrons. The summed E-state index contributed by atoms with van der Waals surface area (Å²) in [4.78, 5) is 30.0. The Kier molecular flexibility index (Phi) is 4.55. The Hall–Kier alpha value is -2.35. The van der Waals surface area contributed by atoms with Gasteiger partial charge in [-0.1, -0.05) is 19.4 Å². The second kappa shape index (κ2) is 6.51. The number of para-hydroxylation sites is 1. The molecular formula is C17H22N4O3S. The molecule has 25 heavy (non-hydrogen) atoms. The molecule has 0 fully saturated rings. The third-order valence-electron chi connectivity index (χ3n) is 3.59. The van der Waals surface area contributed by atoms with Gasteiger partial charge in [-0.05, 0) is 50.9 Å². The van der Waals surface area contributed by atoms with Crippen molar-refractivity contribution in [3.8, 4) is 0 Å². The van der Waals surface area contributed by atoms with Gasteiger partial charge in [0.05, 0.1) is 11.2 Å². The van der Waals surface area contributed by atoms with Gasteiger partial charge in [0.25, 0.3) is 0 Å². The zero-order valence-electron chi connectivity index (χ0n) is 14.8. The molecule has 0 saturated carbocycles. The first-order valence-corrected chi connectivity index (χ1v) is 9.09. The van der Waals surface area contributed by atoms with Gasteiger partial charge < -0.3 is 4.74 Å². The van der Waals surface area contributed by atoms with Crippen LogP contribution in [0, 0.1) is 0 Å². The molecule has 0 aliphatic carbocycles. The molecule has 0 saturated heterocycles. The molecule has 2 heterocycles. The first-order valence-electron chi connectivity index (χ1n) is 8.31. The molecule has 0 aliphatic heterocycles. The molecule has 3 rings (SSSR count). The van der Waals surface area contributed by atoms with Crippen molar-refractivity contribution in [2.45, 2.75) is 52.7 Å². The summed E-state index contributed by atoms with van der Waals surface area (Å²) in [6, 6.07) is 5.36. The number of anilines is 1. The largest absolute Gasteiger partial charge is 0.444 e. The van der Waals surface area contributed by atoms with Crippen LogP contribution < -0.4 is 11.0 Å². The third-order valence-corrected chi connectivity index (χ3v) is 4.59. The van der Waals surface area contributed by atoms with Crippen molar-refractivity contribution in [1.29, 1.82) is 0 Å². The van der Waals surface area contributed by atoms with Crippen LogP contribution in [0.2, 0.25) is 0 Å². The predicted octanol–water partition coefficient (Wildman–Crippen LogP) is 3.86. The van der Waals surface area contributed by atoms with Crippen molar-refractivity contribution in [2.75, 3.05) is 5.32 Å². The number of nitrogens with one attached hydrogen (secondary N) is 1. The smallest absolute Gasteiger partial charge is 0.412 e. The van der Waals surface area contributed by atoms with Crippen molar-refractivity contribution in [2.24, 2.45) is 0 Å². The third kappa shape index (κ3) is 3.53. The van der Waals surface area contributed by atoms with Crippen LogP contribution in [-0.2, 0) is 11.3 Å². The quantitative estimate of drug-likeness (QED) is 0.764. The van der Waals surface area contributed by atoms with E-state index >= 15 is 0 Å². The molecule has 7 nitrogen and oxygen atoms in total. The minimum atomic E-state index is -0.597. The van der Waals surface area contributed by atoms with Crippen LogP contribution >= 0.6 is 11.5 Å². The van der Waals surface area contributed by atoms with Crippen LogP contribution in [-0.4, -0.2) is 25.0 Å². The zero-order valence-corrected chi connectivity index (χ0v) is 15.6. The fraction of sp³-hybridized carbons (Fsp3) is 0.471. The Balaban J connectivity index is 2.05. The van der Waals surface area contributed by atoms with Gasteiger partial charge >= 0.3 is 11.8 Å². The van der Waals surface area contributed by atoms with Gasteiger partial charge in [-0.3, -0.25) is 5.32 Å². The first kappa shape index (κ1) is 17.5. The number of hydrogen-bond donors (Lipinski definition) is 1. The van der Waals surface area contributed by atoms with Crippen molar-refractivity contribution in [1.82, 2.24) is 13.3 Å². The number of imidazole rings is 1. The van der Waals surface area contributed by atoms with E-state index in [1.807, 2.05) is 6.07 Å². The lowest BCUT2D eigenvalue weighted by Gasteiger charge is -2.19. The van der Waals surface area contributed by atoms with Crippen LogP contribution in [0.15, 0.2) is 23.0 Å². The molecule has 1 aromatic carbocycles. The molecular weight excluding hydrogens is 340 g/mol. The number of hydrogen-bond acceptors (Lipinski definition) is 5. The van der Waals surface area contributed by atoms with E-state index in [2.05, 4.69) is 17.2 Å². The Bertz CT molecular complexity index is 977. The minimum absolute atomic E-state index is 0.130. The monoisotopic (exact) mass is 362 g/mol. The van der Waals surface area contributed by atoms with E-state index in [1.165, 1.54) is 11.5 Å². The van der Waals surface area contributed by atoms with Crippen LogP contribution in [0.25, 0.3) is 16.0 Å². The summed E-state index contributed by atoms with van der Waals surface area (Å²) in [6.07, 6.45) is 1.39. The standard InChI is InChI=1S/C17H22N4O3S/c1-5-6-10-20-16(23)21-13-11(18-14(21)25-20)8-7-9-12(13)19-15(22)24-17(2,3)4/h7-9H,5-6,10H2,1-4H3,(H,19,22). The lowest BCUT2D eigenvalue weighted by molar-refractivity contribution is 0.0636. The highest BCUT2D eigenvalue weighted by molar-refractivity contribution is 7.11. The number of benzene rings is 1. The second-order valence-electron chi connectivity index (χ2n) is 6.86. The molecule has 0 unspecified atom stereocenters. The van der Waals surface area contributed by atoms with E-state index in [9.17, 15) is 9.59 Å². The lowest BCUT2D eigenvalue weighted by Crippen LogP contribution is -2.27. The fourth-order valence-electron chi connectivity index (χ4n) is 2.55. The Morgan fingerprint density at radius 2 is 2.12 bits per heavy atom. The molecule has 0 spiro atoms. The average Bonchev–Trinajstić information content (AvgIpc) is 3.00. The highest BCUT2D eigenvalue weighted by Gasteiger charge is 2.20. The van der Waals surface area contributed by atoms with Gasteiger partial charge in [-0.15, -0.1) is 0 Å². The SMILES string of the molecule is CCCCn1sc2nc3cccc(NC(=O)OC(C)(C)C)c3n2c1=O. The zero-order chi connectivity index (χ0) is 18.2. The summed E-state index contributed by atoms with van der Waals surface area (Å²) in [7, 11) is 0. The van der Waals surface area contributed by atoms with E-state index in [4.69, 9.17) is 4.74 Å². The van der Waals surface area contributed by atoms with Crippen molar-refractivity contribution >= 4 is 39.3 Å². The number of fused-ring (bicyclic) bond motifs is 3. The number of aryl methyl sites for hydroxylation is 1. The number of amides is 1. The summed E-state index contributed by atoms with van der Waals surface area (Å²) < 4.78 is 8.57. The van der Waals surface area contributed by atoms with Crippen molar-refractivity contribution in [3.63, 3.8) is 0 Å². The Labute approximate surface area is 149 Å². The summed E-state index contributed by atoms with van der Waals surface area (Å²) in [5.41, 5.74) is 1.05. The molecule has 8 heteroatoms. The first-order chi connectivity index (χ1) is 11.8. The highest BCUT2D eigenvalue weighted by Crippen LogP contribution is 2.26. The molecule has 0 bridgehead atoms. The molecule has 2 aromatic heterocycles. The van der Waals surface area contributed by atoms with E-state index in [-0.39, 0.29) is 5.69 Å². The topological polar surface area (TPSA) is 77.6 Å². The minimum Gasteiger partial charge on any atom is -0.444 e. The summed E-state index contributed by atoms with van der Waals surface area (Å²) in [6.45, 7) is 8.16. The Morgan fingerprint density at radius 3 is 2.80 bits per heavy atom. The number of carbonyl (C=O) groups is 1. The van der Waals surface area contributed by atoms with Crippen LogP contribution in [0.4, 0.5) is 10.5 Å². The maximum Gasteiger partial charge on any atom is 0.412 e. The predicted molar refractivity (Wildman–Crippen MR) is 99.6 cm³/mol. The number of nitrogens with zero attached hydrogens (tertiary/aromatic N) is 3. The normalized spacial score (nSPS) is 12.0. The highest BCUT2D eigenvalue weighted by atomic mass is 32.1. The molecule has 0 aliphatic rings. The molecule has 0 atom stereocenters. The number of ether oxygens (including phenoxy) is 1. The van der Waals surface area contributed by atoms with E-state index in [0.717, 1.165) is 12.8 Å². The van der Waals surface area contributed by atoms with Gasteiger partial charge in [0.2, 0.25) is 4.96 Å². The summed E-state index contributed by atoms with van der Waals surface area (Å²) in [5, 5.41) is 2.73. The van der Waals surface area contributed by atoms with E-state index < -0.39 is 11.7 Å². The fourth-order valence-corrected chi connectivity index (χ4v) is 3.52. The summed E-state index contributed by atoms with van der Waals surface area (Å²) in [5.74, 6) is 0. The van der Waals surface area contributed by atoms with Crippen molar-refractivity contribution < 1.29 is 9.53 Å². The van der Waals surface area contributed by atoms with Gasteiger partial charge in [-0.25, -0.2) is 22.9 Å². The van der Waals surface area contributed by atoms with Gasteiger partial charge in [0.15, 0.2) is 0 Å². The number of unbranched alkanes of at least 4 members (excludes halogenated alkanes) is 1. The second-order valence-corrected chi connectivity index (χ2v) is 7.85. The maximum atomic E-state index is 12.7. The lowest BCUT2D eigenvalue weighted by atomic mass is 10.2. The van der Waals surface area contributed by atoms with Crippen LogP contribution in [0.3, 0.4) is 0 Å².